The van der Waals surface area contributed by atoms with E-state index < -0.39 is 0 Å². The molecule has 0 amide bonds. The number of aryl methyl sites for hydroxylation is 1. The molecule has 0 atom stereocenters. The molecule has 9 rings (SSSR count). The highest BCUT2D eigenvalue weighted by molar-refractivity contribution is 6.19. The van der Waals surface area contributed by atoms with Crippen molar-refractivity contribution in [2.75, 3.05) is 0 Å². The van der Waals surface area contributed by atoms with E-state index in [4.69, 9.17) is 19.4 Å². The second-order valence-corrected chi connectivity index (χ2v) is 12.8. The monoisotopic (exact) mass is 655 g/mol. The number of fused-ring (bicyclic) bond motifs is 4. The standard InChI is InChI=1S/C47H33N3O/c1-3-14-31-23-24-34(29-30(31)2)35-25-27-39(43-41-21-12-13-22-42(41)51-44(35)43)38-26-28-40(37-20-11-10-19-36(37)38)47-49-45(32-15-6-4-7-16-32)48-46(50-47)33-17-8-5-9-18-33/h3-29H,1-2H3/b14-3-. The summed E-state index contributed by atoms with van der Waals surface area (Å²) in [6.45, 7) is 4.21. The van der Waals surface area contributed by atoms with Gasteiger partial charge in [-0.3, -0.25) is 0 Å². The van der Waals surface area contributed by atoms with Crippen molar-refractivity contribution in [2.24, 2.45) is 0 Å². The molecule has 0 fully saturated rings. The molecule has 0 aliphatic heterocycles. The van der Waals surface area contributed by atoms with Crippen LogP contribution in [0.15, 0.2) is 162 Å². The zero-order valence-electron chi connectivity index (χ0n) is 28.3. The van der Waals surface area contributed by atoms with Crippen molar-refractivity contribution in [1.29, 1.82) is 0 Å². The van der Waals surface area contributed by atoms with Crippen LogP contribution >= 0.6 is 0 Å². The Morgan fingerprint density at radius 2 is 1.02 bits per heavy atom. The molecule has 0 saturated heterocycles. The maximum absolute atomic E-state index is 6.69. The number of nitrogens with zero attached hydrogens (tertiary/aromatic N) is 3. The molecule has 0 aliphatic carbocycles. The lowest BCUT2D eigenvalue weighted by Gasteiger charge is -2.15. The summed E-state index contributed by atoms with van der Waals surface area (Å²) in [4.78, 5) is 15.0. The molecule has 51 heavy (non-hydrogen) atoms. The van der Waals surface area contributed by atoms with Crippen LogP contribution in [0.3, 0.4) is 0 Å². The van der Waals surface area contributed by atoms with Gasteiger partial charge in [0.15, 0.2) is 17.5 Å². The molecule has 0 unspecified atom stereocenters. The molecule has 0 saturated carbocycles. The maximum atomic E-state index is 6.69. The van der Waals surface area contributed by atoms with Crippen LogP contribution in [0.4, 0.5) is 0 Å². The molecule has 0 spiro atoms. The van der Waals surface area contributed by atoms with E-state index in [0.29, 0.717) is 17.5 Å². The number of benzene rings is 7. The van der Waals surface area contributed by atoms with Crippen LogP contribution in [0.5, 0.6) is 0 Å². The highest BCUT2D eigenvalue weighted by Crippen LogP contribution is 2.44. The molecule has 4 nitrogen and oxygen atoms in total. The van der Waals surface area contributed by atoms with E-state index in [-0.39, 0.29) is 0 Å². The summed E-state index contributed by atoms with van der Waals surface area (Å²) in [5.74, 6) is 1.92. The highest BCUT2D eigenvalue weighted by atomic mass is 16.3. The van der Waals surface area contributed by atoms with Crippen molar-refractivity contribution in [1.82, 2.24) is 15.0 Å². The fraction of sp³-hybridized carbons (Fsp3) is 0.0426. The van der Waals surface area contributed by atoms with Gasteiger partial charge >= 0.3 is 0 Å². The van der Waals surface area contributed by atoms with Gasteiger partial charge in [0.2, 0.25) is 0 Å². The van der Waals surface area contributed by atoms with Gasteiger partial charge in [-0.05, 0) is 70.6 Å². The fourth-order valence-electron chi connectivity index (χ4n) is 7.15. The third-order valence-electron chi connectivity index (χ3n) is 9.61. The normalized spacial score (nSPS) is 11.6. The molecular weight excluding hydrogens is 623 g/mol. The number of aromatic nitrogens is 3. The van der Waals surface area contributed by atoms with Crippen molar-refractivity contribution >= 4 is 38.8 Å². The van der Waals surface area contributed by atoms with Crippen molar-refractivity contribution in [3.63, 3.8) is 0 Å². The second-order valence-electron chi connectivity index (χ2n) is 12.8. The summed E-state index contributed by atoms with van der Waals surface area (Å²) in [7, 11) is 0. The minimum Gasteiger partial charge on any atom is -0.455 e. The summed E-state index contributed by atoms with van der Waals surface area (Å²) < 4.78 is 6.69. The zero-order valence-corrected chi connectivity index (χ0v) is 28.3. The third kappa shape index (κ3) is 5.38. The lowest BCUT2D eigenvalue weighted by Crippen LogP contribution is -2.00. The molecule has 4 heteroatoms. The predicted octanol–water partition coefficient (Wildman–Crippen LogP) is 12.6. The Bertz CT molecular complexity index is 2710. The van der Waals surface area contributed by atoms with Crippen LogP contribution in [0, 0.1) is 6.92 Å². The molecule has 0 bridgehead atoms. The number of hydrogen-bond acceptors (Lipinski definition) is 4. The number of hydrogen-bond donors (Lipinski definition) is 0. The van der Waals surface area contributed by atoms with Gasteiger partial charge in [0, 0.05) is 33.0 Å². The summed E-state index contributed by atoms with van der Waals surface area (Å²) in [6, 6.07) is 52.5. The first-order valence-electron chi connectivity index (χ1n) is 17.2. The number of furan rings is 1. The lowest BCUT2D eigenvalue weighted by molar-refractivity contribution is 0.670. The van der Waals surface area contributed by atoms with Gasteiger partial charge in [-0.15, -0.1) is 0 Å². The fourth-order valence-corrected chi connectivity index (χ4v) is 7.15. The Balaban J connectivity index is 1.26. The van der Waals surface area contributed by atoms with Gasteiger partial charge in [-0.1, -0.05) is 146 Å². The van der Waals surface area contributed by atoms with E-state index in [9.17, 15) is 0 Å². The first kappa shape index (κ1) is 30.4. The summed E-state index contributed by atoms with van der Waals surface area (Å²) in [5, 5.41) is 4.38. The van der Waals surface area contributed by atoms with E-state index in [2.05, 4.69) is 104 Å². The van der Waals surface area contributed by atoms with Gasteiger partial charge in [-0.2, -0.15) is 0 Å². The smallest absolute Gasteiger partial charge is 0.164 e. The quantitative estimate of drug-likeness (QED) is 0.179. The van der Waals surface area contributed by atoms with E-state index in [1.165, 1.54) is 11.1 Å². The largest absolute Gasteiger partial charge is 0.455 e. The predicted molar refractivity (Wildman–Crippen MR) is 211 cm³/mol. The van der Waals surface area contributed by atoms with Crippen LogP contribution < -0.4 is 0 Å². The van der Waals surface area contributed by atoms with Crippen LogP contribution in [-0.2, 0) is 0 Å². The van der Waals surface area contributed by atoms with Crippen molar-refractivity contribution in [3.05, 3.63) is 169 Å². The molecule has 7 aromatic carbocycles. The number of rotatable bonds is 6. The molecule has 242 valence electrons. The Morgan fingerprint density at radius 1 is 0.471 bits per heavy atom. The van der Waals surface area contributed by atoms with Gasteiger partial charge < -0.3 is 4.42 Å². The first-order valence-corrected chi connectivity index (χ1v) is 17.2. The van der Waals surface area contributed by atoms with Crippen molar-refractivity contribution in [2.45, 2.75) is 13.8 Å². The minimum absolute atomic E-state index is 0.636. The Hall–Kier alpha value is -6.65. The summed E-state index contributed by atoms with van der Waals surface area (Å²) >= 11 is 0. The number of allylic oxidation sites excluding steroid dienone is 1. The molecule has 0 radical (unpaired) electrons. The van der Waals surface area contributed by atoms with Crippen LogP contribution in [0.1, 0.15) is 18.1 Å². The number of para-hydroxylation sites is 1. The maximum Gasteiger partial charge on any atom is 0.164 e. The summed E-state index contributed by atoms with van der Waals surface area (Å²) in [5.41, 5.74) is 11.5. The third-order valence-corrected chi connectivity index (χ3v) is 9.61. The molecule has 9 aromatic rings. The topological polar surface area (TPSA) is 51.8 Å². The molecule has 2 aromatic heterocycles. The van der Waals surface area contributed by atoms with Gasteiger partial charge in [0.05, 0.1) is 0 Å². The molecule has 0 N–H and O–H groups in total. The van der Waals surface area contributed by atoms with E-state index in [1.54, 1.807) is 0 Å². The SMILES string of the molecule is C/C=C\c1ccc(-c2ccc(-c3ccc(-c4nc(-c5ccccc5)nc(-c5ccccc5)n4)c4ccccc34)c3c2oc2ccccc23)cc1C. The molecule has 0 aliphatic rings. The minimum atomic E-state index is 0.636. The van der Waals surface area contributed by atoms with Crippen molar-refractivity contribution < 1.29 is 4.42 Å². The van der Waals surface area contributed by atoms with Crippen LogP contribution in [0.2, 0.25) is 0 Å². The molecule has 2 heterocycles. The van der Waals surface area contributed by atoms with Gasteiger partial charge in [-0.25, -0.2) is 15.0 Å². The first-order chi connectivity index (χ1) is 25.2. The zero-order chi connectivity index (χ0) is 34.3. The average Bonchev–Trinajstić information content (AvgIpc) is 3.58. The molecular formula is C47H33N3O. The Kier molecular flexibility index (Phi) is 7.55. The Morgan fingerprint density at radius 3 is 1.69 bits per heavy atom. The van der Waals surface area contributed by atoms with Crippen LogP contribution in [0.25, 0.3) is 95.2 Å². The lowest BCUT2D eigenvalue weighted by atomic mass is 9.90. The Labute approximate surface area is 296 Å². The second kappa shape index (κ2) is 12.7. The van der Waals surface area contributed by atoms with Gasteiger partial charge in [0.1, 0.15) is 11.2 Å². The highest BCUT2D eigenvalue weighted by Gasteiger charge is 2.21. The average molecular weight is 656 g/mol. The van der Waals surface area contributed by atoms with E-state index in [0.717, 1.165) is 71.7 Å². The van der Waals surface area contributed by atoms with E-state index >= 15 is 0 Å². The van der Waals surface area contributed by atoms with Crippen LogP contribution in [-0.4, -0.2) is 15.0 Å². The van der Waals surface area contributed by atoms with Gasteiger partial charge in [0.25, 0.3) is 0 Å². The van der Waals surface area contributed by atoms with Crippen molar-refractivity contribution in [3.8, 4) is 56.4 Å². The van der Waals surface area contributed by atoms with E-state index in [1.807, 2.05) is 73.7 Å². The summed E-state index contributed by atoms with van der Waals surface area (Å²) in [6.07, 6.45) is 4.23.